The zero-order valence-corrected chi connectivity index (χ0v) is 13.1. The molecule has 2 aromatic heterocycles. The second kappa shape index (κ2) is 7.65. The molecule has 0 fully saturated rings. The van der Waals surface area contributed by atoms with Crippen molar-refractivity contribution in [2.75, 3.05) is 6.54 Å². The summed E-state index contributed by atoms with van der Waals surface area (Å²) in [6.45, 7) is 0.754. The van der Waals surface area contributed by atoms with Crippen LogP contribution in [0.1, 0.15) is 25.1 Å². The van der Waals surface area contributed by atoms with Gasteiger partial charge in [0.1, 0.15) is 5.82 Å². The minimum absolute atomic E-state index is 0.742. The zero-order chi connectivity index (χ0) is 15.9. The Hall–Kier alpha value is -2.53. The van der Waals surface area contributed by atoms with Crippen molar-refractivity contribution in [3.05, 3.63) is 54.5 Å². The van der Waals surface area contributed by atoms with Crippen LogP contribution in [0.5, 0.6) is 0 Å². The molecule has 0 aliphatic rings. The van der Waals surface area contributed by atoms with Gasteiger partial charge in [-0.3, -0.25) is 10.1 Å². The van der Waals surface area contributed by atoms with E-state index in [0.29, 0.717) is 0 Å². The minimum Gasteiger partial charge on any atom is -0.330 e. The summed E-state index contributed by atoms with van der Waals surface area (Å²) in [6.07, 6.45) is 6.00. The number of aryl methyl sites for hydroxylation is 1. The van der Waals surface area contributed by atoms with Crippen LogP contribution in [0.2, 0.25) is 0 Å². The van der Waals surface area contributed by atoms with Crippen LogP contribution in [-0.4, -0.2) is 26.7 Å². The first-order valence-corrected chi connectivity index (χ1v) is 8.00. The molecule has 5 heteroatoms. The van der Waals surface area contributed by atoms with E-state index in [9.17, 15) is 0 Å². The van der Waals surface area contributed by atoms with Crippen LogP contribution in [0, 0.1) is 0 Å². The average molecular weight is 307 g/mol. The molecule has 0 saturated carbocycles. The minimum atomic E-state index is 0.742. The Bertz CT molecular complexity index is 719. The van der Waals surface area contributed by atoms with Crippen LogP contribution < -0.4 is 5.73 Å². The van der Waals surface area contributed by atoms with Gasteiger partial charge in [-0.05, 0) is 31.5 Å². The van der Waals surface area contributed by atoms with Gasteiger partial charge >= 0.3 is 0 Å². The fraction of sp³-hybridized carbons (Fsp3) is 0.278. The molecule has 0 bridgehead atoms. The number of hydrogen-bond acceptors (Lipinski definition) is 4. The van der Waals surface area contributed by atoms with E-state index in [1.165, 1.54) is 0 Å². The highest BCUT2D eigenvalue weighted by Crippen LogP contribution is 2.21. The van der Waals surface area contributed by atoms with Crippen LogP contribution in [0.4, 0.5) is 0 Å². The fourth-order valence-electron chi connectivity index (χ4n) is 2.47. The van der Waals surface area contributed by atoms with Crippen LogP contribution in [0.15, 0.2) is 48.7 Å². The van der Waals surface area contributed by atoms with E-state index in [1.807, 2.05) is 30.3 Å². The molecule has 3 aromatic rings. The van der Waals surface area contributed by atoms with Crippen LogP contribution in [-0.2, 0) is 6.42 Å². The van der Waals surface area contributed by atoms with E-state index in [0.717, 1.165) is 60.7 Å². The molecule has 0 aliphatic carbocycles. The SMILES string of the molecule is NCCCCCc1nc(-c2ccc(-c3ccccn3)cc2)n[nH]1. The molecule has 5 nitrogen and oxygen atoms in total. The molecule has 2 heterocycles. The summed E-state index contributed by atoms with van der Waals surface area (Å²) < 4.78 is 0. The number of aromatic nitrogens is 4. The Morgan fingerprint density at radius 2 is 1.74 bits per heavy atom. The fourth-order valence-corrected chi connectivity index (χ4v) is 2.47. The molecule has 0 radical (unpaired) electrons. The average Bonchev–Trinajstić information content (AvgIpc) is 3.09. The summed E-state index contributed by atoms with van der Waals surface area (Å²) in [7, 11) is 0. The lowest BCUT2D eigenvalue weighted by atomic mass is 10.1. The maximum atomic E-state index is 5.50. The number of nitrogens with two attached hydrogens (primary N) is 1. The number of benzene rings is 1. The molecule has 0 spiro atoms. The van der Waals surface area contributed by atoms with Gasteiger partial charge in [-0.1, -0.05) is 36.8 Å². The molecular formula is C18H21N5. The maximum absolute atomic E-state index is 5.50. The second-order valence-corrected chi connectivity index (χ2v) is 5.50. The predicted octanol–water partition coefficient (Wildman–Crippen LogP) is 3.21. The summed E-state index contributed by atoms with van der Waals surface area (Å²) in [5.74, 6) is 1.68. The highest BCUT2D eigenvalue weighted by atomic mass is 15.2. The molecule has 0 unspecified atom stereocenters. The predicted molar refractivity (Wildman–Crippen MR) is 91.7 cm³/mol. The first-order chi connectivity index (χ1) is 11.4. The topological polar surface area (TPSA) is 80.5 Å². The number of nitrogens with one attached hydrogen (secondary N) is 1. The third-order valence-corrected chi connectivity index (χ3v) is 3.75. The summed E-state index contributed by atoms with van der Waals surface area (Å²) in [5.41, 5.74) is 8.57. The third kappa shape index (κ3) is 4.02. The molecular weight excluding hydrogens is 286 g/mol. The van der Waals surface area contributed by atoms with Gasteiger partial charge in [0, 0.05) is 23.7 Å². The van der Waals surface area contributed by atoms with Gasteiger partial charge in [0.25, 0.3) is 0 Å². The molecule has 0 aliphatic heterocycles. The zero-order valence-electron chi connectivity index (χ0n) is 13.1. The van der Waals surface area contributed by atoms with Gasteiger partial charge in [0.2, 0.25) is 0 Å². The number of unbranched alkanes of at least 4 members (excludes halogenated alkanes) is 2. The smallest absolute Gasteiger partial charge is 0.181 e. The largest absolute Gasteiger partial charge is 0.330 e. The summed E-state index contributed by atoms with van der Waals surface area (Å²) in [4.78, 5) is 8.92. The lowest BCUT2D eigenvalue weighted by Crippen LogP contribution is -1.98. The Kier molecular flexibility index (Phi) is 5.11. The van der Waals surface area contributed by atoms with Crippen molar-refractivity contribution >= 4 is 0 Å². The molecule has 3 rings (SSSR count). The lowest BCUT2D eigenvalue weighted by molar-refractivity contribution is 0.670. The Morgan fingerprint density at radius 3 is 2.48 bits per heavy atom. The Labute approximate surface area is 136 Å². The Balaban J connectivity index is 1.67. The van der Waals surface area contributed by atoms with Crippen LogP contribution in [0.3, 0.4) is 0 Å². The highest BCUT2D eigenvalue weighted by Gasteiger charge is 2.06. The molecule has 1 aromatic carbocycles. The van der Waals surface area contributed by atoms with Gasteiger partial charge in [-0.25, -0.2) is 4.98 Å². The first-order valence-electron chi connectivity index (χ1n) is 8.00. The Morgan fingerprint density at radius 1 is 0.913 bits per heavy atom. The number of H-pyrrole nitrogens is 1. The summed E-state index contributed by atoms with van der Waals surface area (Å²) in [6, 6.07) is 14.1. The van der Waals surface area contributed by atoms with Crippen molar-refractivity contribution in [2.45, 2.75) is 25.7 Å². The monoisotopic (exact) mass is 307 g/mol. The van der Waals surface area contributed by atoms with Crippen molar-refractivity contribution in [2.24, 2.45) is 5.73 Å². The summed E-state index contributed by atoms with van der Waals surface area (Å²) >= 11 is 0. The van der Waals surface area contributed by atoms with E-state index in [-0.39, 0.29) is 0 Å². The van der Waals surface area contributed by atoms with E-state index in [2.05, 4.69) is 32.3 Å². The van der Waals surface area contributed by atoms with Crippen molar-refractivity contribution in [3.8, 4) is 22.6 Å². The van der Waals surface area contributed by atoms with Crippen LogP contribution in [0.25, 0.3) is 22.6 Å². The lowest BCUT2D eigenvalue weighted by Gasteiger charge is -2.01. The molecule has 0 atom stereocenters. The number of nitrogens with zero attached hydrogens (tertiary/aromatic N) is 3. The summed E-state index contributed by atoms with van der Waals surface area (Å²) in [5, 5.41) is 7.33. The highest BCUT2D eigenvalue weighted by molar-refractivity contribution is 5.64. The quantitative estimate of drug-likeness (QED) is 0.657. The molecule has 0 saturated heterocycles. The van der Waals surface area contributed by atoms with Gasteiger partial charge < -0.3 is 5.73 Å². The van der Waals surface area contributed by atoms with Gasteiger partial charge in [0.15, 0.2) is 5.82 Å². The van der Waals surface area contributed by atoms with Crippen LogP contribution >= 0.6 is 0 Å². The van der Waals surface area contributed by atoms with Crippen molar-refractivity contribution < 1.29 is 0 Å². The normalized spacial score (nSPS) is 10.8. The second-order valence-electron chi connectivity index (χ2n) is 5.50. The standard InChI is InChI=1S/C18H21N5/c19-12-4-1-2-7-17-21-18(23-22-17)15-10-8-14(9-11-15)16-6-3-5-13-20-16/h3,5-6,8-11,13H,1-2,4,7,12,19H2,(H,21,22,23). The van der Waals surface area contributed by atoms with Crippen molar-refractivity contribution in [1.82, 2.24) is 20.2 Å². The molecule has 23 heavy (non-hydrogen) atoms. The van der Waals surface area contributed by atoms with Gasteiger partial charge in [-0.2, -0.15) is 5.10 Å². The van der Waals surface area contributed by atoms with Crippen molar-refractivity contribution in [3.63, 3.8) is 0 Å². The number of pyridine rings is 1. The number of aromatic amines is 1. The number of hydrogen-bond donors (Lipinski definition) is 2. The van der Waals surface area contributed by atoms with E-state index >= 15 is 0 Å². The van der Waals surface area contributed by atoms with Crippen molar-refractivity contribution in [1.29, 1.82) is 0 Å². The van der Waals surface area contributed by atoms with E-state index < -0.39 is 0 Å². The number of rotatable bonds is 7. The third-order valence-electron chi connectivity index (χ3n) is 3.75. The molecule has 3 N–H and O–H groups in total. The van der Waals surface area contributed by atoms with Gasteiger partial charge in [-0.15, -0.1) is 0 Å². The molecule has 0 amide bonds. The maximum Gasteiger partial charge on any atom is 0.181 e. The van der Waals surface area contributed by atoms with E-state index in [1.54, 1.807) is 6.20 Å². The first kappa shape index (κ1) is 15.4. The van der Waals surface area contributed by atoms with Gasteiger partial charge in [0.05, 0.1) is 5.69 Å². The van der Waals surface area contributed by atoms with E-state index in [4.69, 9.17) is 5.73 Å². The molecule has 118 valence electrons.